The molecular weight excluding hydrogens is 448 g/mol. The minimum atomic E-state index is -2.13. The number of piperidine rings is 1. The molecule has 1 nitrogen and oxygen atoms in total. The summed E-state index contributed by atoms with van der Waals surface area (Å²) in [6.07, 6.45) is 7.08. The molecule has 3 rings (SSSR count). The number of hydrogen-bond acceptors (Lipinski definition) is 0. The molecular formula is C13H21BrCl3NZr-. The molecule has 6 unspecified atom stereocenters. The number of hydrogen-bond donors (Lipinski definition) is 0. The van der Waals surface area contributed by atoms with Gasteiger partial charge in [0.1, 0.15) is 0 Å². The molecule has 0 spiro atoms. The zero-order chi connectivity index (χ0) is 14.0. The second-order valence-corrected chi connectivity index (χ2v) is 18.4. The molecule has 6 heteroatoms. The summed E-state index contributed by atoms with van der Waals surface area (Å²) < 4.78 is 0. The van der Waals surface area contributed by atoms with Crippen molar-refractivity contribution in [2.75, 3.05) is 6.54 Å². The van der Waals surface area contributed by atoms with Crippen LogP contribution in [0.4, 0.5) is 0 Å². The van der Waals surface area contributed by atoms with Gasteiger partial charge in [-0.25, -0.2) is 0 Å². The summed E-state index contributed by atoms with van der Waals surface area (Å²) in [6.45, 7) is 3.56. The summed E-state index contributed by atoms with van der Waals surface area (Å²) in [6, 6.07) is 0.703. The van der Waals surface area contributed by atoms with Crippen molar-refractivity contribution in [1.29, 1.82) is 0 Å². The SMILES string of the molecule is CC1CC2CC3[N-]CCCC3C(Br)C2C1.[Cl][Zr]([Cl])[Cl]. The summed E-state index contributed by atoms with van der Waals surface area (Å²) in [7, 11) is 15.0. The van der Waals surface area contributed by atoms with Gasteiger partial charge in [-0.05, 0) is 36.5 Å². The summed E-state index contributed by atoms with van der Waals surface area (Å²) in [5.41, 5.74) is 0. The van der Waals surface area contributed by atoms with Crippen LogP contribution in [-0.4, -0.2) is 17.4 Å². The van der Waals surface area contributed by atoms with E-state index in [-0.39, 0.29) is 0 Å². The first-order valence-electron chi connectivity index (χ1n) is 7.13. The fraction of sp³-hybridized carbons (Fsp3) is 1.00. The molecule has 19 heavy (non-hydrogen) atoms. The van der Waals surface area contributed by atoms with Crippen molar-refractivity contribution < 1.29 is 18.2 Å². The Balaban J connectivity index is 0.000000297. The molecule has 0 amide bonds. The Morgan fingerprint density at radius 1 is 1.11 bits per heavy atom. The van der Waals surface area contributed by atoms with Crippen LogP contribution in [0, 0.1) is 23.7 Å². The van der Waals surface area contributed by atoms with E-state index < -0.39 is 18.2 Å². The van der Waals surface area contributed by atoms with E-state index in [1.165, 1.54) is 32.1 Å². The van der Waals surface area contributed by atoms with Crippen LogP contribution in [0.1, 0.15) is 39.0 Å². The van der Waals surface area contributed by atoms with Gasteiger partial charge in [0.2, 0.25) is 0 Å². The molecule has 0 radical (unpaired) electrons. The summed E-state index contributed by atoms with van der Waals surface area (Å²) in [5.74, 6) is 3.77. The van der Waals surface area contributed by atoms with E-state index in [0.29, 0.717) is 6.04 Å². The fourth-order valence-electron chi connectivity index (χ4n) is 4.27. The van der Waals surface area contributed by atoms with E-state index in [1.807, 2.05) is 0 Å². The van der Waals surface area contributed by atoms with E-state index in [9.17, 15) is 0 Å². The Morgan fingerprint density at radius 3 is 2.47 bits per heavy atom. The fourth-order valence-corrected chi connectivity index (χ4v) is 5.53. The molecule has 3 fully saturated rings. The molecule has 3 aliphatic rings. The first-order valence-corrected chi connectivity index (χ1v) is 17.5. The first-order chi connectivity index (χ1) is 8.99. The number of alkyl halides is 1. The summed E-state index contributed by atoms with van der Waals surface area (Å²) in [4.78, 5) is 0.773. The van der Waals surface area contributed by atoms with Crippen molar-refractivity contribution >= 4 is 41.5 Å². The zero-order valence-corrected chi connectivity index (χ0v) is 17.5. The first kappa shape index (κ1) is 17.5. The van der Waals surface area contributed by atoms with Gasteiger partial charge in [0.05, 0.1) is 0 Å². The van der Waals surface area contributed by atoms with Crippen molar-refractivity contribution in [3.05, 3.63) is 5.32 Å². The summed E-state index contributed by atoms with van der Waals surface area (Å²) >= 11 is 1.88. The van der Waals surface area contributed by atoms with Gasteiger partial charge in [-0.1, -0.05) is 42.1 Å². The van der Waals surface area contributed by atoms with Crippen molar-refractivity contribution in [2.24, 2.45) is 23.7 Å². The molecule has 2 saturated carbocycles. The Hall–Kier alpha value is 2.19. The average Bonchev–Trinajstić information content (AvgIpc) is 2.70. The van der Waals surface area contributed by atoms with E-state index >= 15 is 0 Å². The van der Waals surface area contributed by atoms with Gasteiger partial charge >= 0.3 is 43.7 Å². The monoisotopic (exact) mass is 465 g/mol. The number of halogens is 4. The van der Waals surface area contributed by atoms with Crippen LogP contribution in [0.25, 0.3) is 5.32 Å². The predicted octanol–water partition coefficient (Wildman–Crippen LogP) is 6.03. The van der Waals surface area contributed by atoms with Gasteiger partial charge in [-0.3, -0.25) is 0 Å². The van der Waals surface area contributed by atoms with Gasteiger partial charge in [0.25, 0.3) is 0 Å². The third-order valence-electron chi connectivity index (χ3n) is 4.90. The molecule has 1 aliphatic heterocycles. The van der Waals surface area contributed by atoms with E-state index in [0.717, 1.165) is 35.0 Å². The maximum atomic E-state index is 5.00. The molecule has 0 aromatic carbocycles. The quantitative estimate of drug-likeness (QED) is 0.385. The second kappa shape index (κ2) is 8.16. The van der Waals surface area contributed by atoms with E-state index in [1.54, 1.807) is 0 Å². The van der Waals surface area contributed by atoms with Gasteiger partial charge in [-0.15, -0.1) is 12.6 Å². The molecule has 0 N–H and O–H groups in total. The van der Waals surface area contributed by atoms with Crippen molar-refractivity contribution in [1.82, 2.24) is 0 Å². The molecule has 2 aliphatic carbocycles. The Bertz CT molecular complexity index is 286. The number of nitrogens with zero attached hydrogens (tertiary/aromatic N) is 1. The third-order valence-corrected chi connectivity index (χ3v) is 6.26. The van der Waals surface area contributed by atoms with Crippen molar-refractivity contribution in [2.45, 2.75) is 49.9 Å². The third kappa shape index (κ3) is 4.83. The van der Waals surface area contributed by atoms with Gasteiger partial charge in [-0.2, -0.15) is 0 Å². The van der Waals surface area contributed by atoms with Crippen LogP contribution >= 0.6 is 41.5 Å². The topological polar surface area (TPSA) is 14.1 Å². The number of rotatable bonds is 0. The predicted molar refractivity (Wildman–Crippen MR) is 85.0 cm³/mol. The average molecular weight is 469 g/mol. The van der Waals surface area contributed by atoms with Crippen LogP contribution in [0.2, 0.25) is 0 Å². The van der Waals surface area contributed by atoms with Crippen LogP contribution in [0.3, 0.4) is 0 Å². The van der Waals surface area contributed by atoms with Crippen LogP contribution in [0.15, 0.2) is 0 Å². The molecule has 0 aromatic heterocycles. The standard InChI is InChI=1S/C13H21BrN.3ClH.Zr/c1-8-5-9-7-12-10(3-2-4-15-12)13(14)11(9)6-8;;;;/h8-13H,2-7H2,1H3;3*1H;/q-1;;;;+3/p-3. The van der Waals surface area contributed by atoms with E-state index in [4.69, 9.17) is 30.9 Å². The zero-order valence-electron chi connectivity index (χ0n) is 11.2. The van der Waals surface area contributed by atoms with Gasteiger partial charge < -0.3 is 5.32 Å². The van der Waals surface area contributed by atoms with Crippen molar-refractivity contribution in [3.8, 4) is 0 Å². The second-order valence-electron chi connectivity index (χ2n) is 6.17. The summed E-state index contributed by atoms with van der Waals surface area (Å²) in [5, 5.41) is 4.86. The minimum absolute atomic E-state index is 0.703. The van der Waals surface area contributed by atoms with Gasteiger partial charge in [0.15, 0.2) is 0 Å². The molecule has 0 aromatic rings. The van der Waals surface area contributed by atoms with Crippen molar-refractivity contribution in [3.63, 3.8) is 0 Å². The molecule has 1 heterocycles. The molecule has 0 bridgehead atoms. The molecule has 1 saturated heterocycles. The van der Waals surface area contributed by atoms with Crippen LogP contribution in [-0.2, 0) is 18.2 Å². The van der Waals surface area contributed by atoms with E-state index in [2.05, 4.69) is 22.9 Å². The molecule has 6 atom stereocenters. The Morgan fingerprint density at radius 2 is 1.79 bits per heavy atom. The van der Waals surface area contributed by atoms with Gasteiger partial charge in [0, 0.05) is 4.83 Å². The van der Waals surface area contributed by atoms with Crippen LogP contribution in [0.5, 0.6) is 0 Å². The number of fused-ring (bicyclic) bond motifs is 2. The molecule has 111 valence electrons. The Kier molecular flexibility index (Phi) is 7.54. The maximum absolute atomic E-state index is 5.00. The Labute approximate surface area is 144 Å². The van der Waals surface area contributed by atoms with Crippen LogP contribution < -0.4 is 0 Å². The normalized spacial score (nSPS) is 44.7.